The lowest BCUT2D eigenvalue weighted by molar-refractivity contribution is -0.139. The van der Waals surface area contributed by atoms with E-state index in [-0.39, 0.29) is 24.6 Å². The summed E-state index contributed by atoms with van der Waals surface area (Å²) in [4.78, 5) is 54.0. The number of fused-ring (bicyclic) bond motifs is 1. The van der Waals surface area contributed by atoms with Crippen LogP contribution in [0.3, 0.4) is 0 Å². The molecule has 37 heavy (non-hydrogen) atoms. The van der Waals surface area contributed by atoms with Crippen molar-refractivity contribution in [3.63, 3.8) is 0 Å². The number of nitrogens with zero attached hydrogens (tertiary/aromatic N) is 2. The highest BCUT2D eigenvalue weighted by Crippen LogP contribution is 2.37. The molecule has 188 valence electrons. The van der Waals surface area contributed by atoms with Crippen LogP contribution >= 0.6 is 27.5 Å². The van der Waals surface area contributed by atoms with Crippen molar-refractivity contribution in [2.75, 3.05) is 23.5 Å². The van der Waals surface area contributed by atoms with E-state index in [1.165, 1.54) is 18.1 Å². The first kappa shape index (κ1) is 25.0. The maximum Gasteiger partial charge on any atom is 0.316 e. The van der Waals surface area contributed by atoms with Gasteiger partial charge in [0.15, 0.2) is 0 Å². The van der Waals surface area contributed by atoms with E-state index in [1.807, 2.05) is 0 Å². The van der Waals surface area contributed by atoms with Gasteiger partial charge in [-0.25, -0.2) is 4.90 Å². The van der Waals surface area contributed by atoms with E-state index < -0.39 is 23.7 Å². The summed E-state index contributed by atoms with van der Waals surface area (Å²) in [6.45, 7) is 1.84. The van der Waals surface area contributed by atoms with Crippen LogP contribution < -0.4 is 19.3 Å². The minimum atomic E-state index is -0.689. The molecule has 1 saturated heterocycles. The van der Waals surface area contributed by atoms with Gasteiger partial charge >= 0.3 is 5.97 Å². The summed E-state index contributed by atoms with van der Waals surface area (Å²) in [6, 6.07) is 14.5. The normalized spacial score (nSPS) is 16.9. The minimum absolute atomic E-state index is 0.0177. The molecular formula is C27H20BrClN2O6. The molecular weight excluding hydrogens is 564 g/mol. The molecule has 0 radical (unpaired) electrons. The molecule has 2 aliphatic heterocycles. The van der Waals surface area contributed by atoms with E-state index in [4.69, 9.17) is 21.1 Å². The first-order valence-electron chi connectivity index (χ1n) is 11.3. The largest absolute Gasteiger partial charge is 0.495 e. The minimum Gasteiger partial charge on any atom is -0.495 e. The third-order valence-electron chi connectivity index (χ3n) is 6.37. The summed E-state index contributed by atoms with van der Waals surface area (Å²) in [5, 5.41) is 0.441. The molecule has 0 saturated carbocycles. The molecule has 8 nitrogen and oxygen atoms in total. The topological polar surface area (TPSA) is 93.2 Å². The van der Waals surface area contributed by atoms with Crippen molar-refractivity contribution in [1.29, 1.82) is 0 Å². The van der Waals surface area contributed by atoms with Crippen LogP contribution in [0.1, 0.15) is 32.7 Å². The Bertz CT molecular complexity index is 1490. The van der Waals surface area contributed by atoms with Gasteiger partial charge in [0.2, 0.25) is 5.91 Å². The molecule has 0 spiro atoms. The van der Waals surface area contributed by atoms with Gasteiger partial charge in [-0.3, -0.25) is 19.2 Å². The maximum absolute atomic E-state index is 12.9. The van der Waals surface area contributed by atoms with Crippen LogP contribution in [0.4, 0.5) is 11.4 Å². The van der Waals surface area contributed by atoms with Crippen LogP contribution in [-0.4, -0.2) is 37.3 Å². The summed E-state index contributed by atoms with van der Waals surface area (Å²) in [5.41, 5.74) is 2.11. The average Bonchev–Trinajstić information content (AvgIpc) is 3.36. The monoisotopic (exact) mass is 582 g/mol. The number of benzene rings is 3. The maximum atomic E-state index is 12.9. The summed E-state index contributed by atoms with van der Waals surface area (Å²) in [6.07, 6.45) is -0.0177. The van der Waals surface area contributed by atoms with Gasteiger partial charge in [0, 0.05) is 22.5 Å². The number of hydrogen-bond donors (Lipinski definition) is 0. The van der Waals surface area contributed by atoms with Crippen LogP contribution in [0.15, 0.2) is 59.1 Å². The molecule has 3 amide bonds. The highest BCUT2D eigenvalue weighted by atomic mass is 79.9. The second kappa shape index (κ2) is 9.64. The molecule has 5 rings (SSSR count). The van der Waals surface area contributed by atoms with Crippen molar-refractivity contribution in [3.8, 4) is 11.5 Å². The van der Waals surface area contributed by atoms with Gasteiger partial charge in [0.1, 0.15) is 11.5 Å². The van der Waals surface area contributed by atoms with Crippen molar-refractivity contribution in [3.05, 3.63) is 80.8 Å². The van der Waals surface area contributed by atoms with Crippen LogP contribution in [0, 0.1) is 12.8 Å². The van der Waals surface area contributed by atoms with Crippen LogP contribution in [0.2, 0.25) is 5.02 Å². The van der Waals surface area contributed by atoms with Crippen molar-refractivity contribution in [2.24, 2.45) is 5.92 Å². The smallest absolute Gasteiger partial charge is 0.316 e. The lowest BCUT2D eigenvalue weighted by atomic mass is 10.1. The van der Waals surface area contributed by atoms with E-state index in [2.05, 4.69) is 15.9 Å². The van der Waals surface area contributed by atoms with E-state index in [0.29, 0.717) is 43.3 Å². The van der Waals surface area contributed by atoms with Crippen molar-refractivity contribution < 1.29 is 28.7 Å². The Hall–Kier alpha value is -3.69. The molecule has 0 unspecified atom stereocenters. The van der Waals surface area contributed by atoms with E-state index in [1.54, 1.807) is 55.5 Å². The quantitative estimate of drug-likeness (QED) is 0.234. The second-order valence-electron chi connectivity index (χ2n) is 8.73. The van der Waals surface area contributed by atoms with Crippen LogP contribution in [0.25, 0.3) is 0 Å². The van der Waals surface area contributed by atoms with Crippen LogP contribution in [0.5, 0.6) is 11.5 Å². The summed E-state index contributed by atoms with van der Waals surface area (Å²) < 4.78 is 11.6. The van der Waals surface area contributed by atoms with Gasteiger partial charge in [0.05, 0.1) is 35.5 Å². The molecule has 0 aliphatic carbocycles. The number of halogens is 2. The molecule has 2 heterocycles. The van der Waals surface area contributed by atoms with E-state index in [0.717, 1.165) is 4.90 Å². The molecule has 2 aliphatic rings. The third-order valence-corrected chi connectivity index (χ3v) is 7.09. The predicted molar refractivity (Wildman–Crippen MR) is 141 cm³/mol. The number of esters is 1. The number of methoxy groups -OCH3 is 1. The molecule has 3 aromatic carbocycles. The van der Waals surface area contributed by atoms with E-state index in [9.17, 15) is 19.2 Å². The predicted octanol–water partition coefficient (Wildman–Crippen LogP) is 5.18. The summed E-state index contributed by atoms with van der Waals surface area (Å²) >= 11 is 9.43. The molecule has 0 bridgehead atoms. The van der Waals surface area contributed by atoms with Gasteiger partial charge in [-0.2, -0.15) is 0 Å². The number of amides is 3. The van der Waals surface area contributed by atoms with Gasteiger partial charge in [-0.1, -0.05) is 27.5 Å². The highest BCUT2D eigenvalue weighted by Gasteiger charge is 2.39. The van der Waals surface area contributed by atoms with Crippen molar-refractivity contribution in [2.45, 2.75) is 13.3 Å². The SMILES string of the molecule is COc1ccc(Cl)cc1N1C[C@H](C(=O)Oc2ccc(N3C(=O)c4ccc(Br)cc4C3=O)c(C)c2)CC1=O. The van der Waals surface area contributed by atoms with Crippen molar-refractivity contribution in [1.82, 2.24) is 0 Å². The average molecular weight is 584 g/mol. The molecule has 1 fully saturated rings. The summed E-state index contributed by atoms with van der Waals surface area (Å²) in [7, 11) is 1.49. The van der Waals surface area contributed by atoms with Crippen LogP contribution in [-0.2, 0) is 9.59 Å². The zero-order valence-corrected chi connectivity index (χ0v) is 22.1. The zero-order chi connectivity index (χ0) is 26.4. The van der Waals surface area contributed by atoms with Gasteiger partial charge in [-0.05, 0) is 67.1 Å². The fraction of sp³-hybridized carbons (Fsp3) is 0.185. The summed E-state index contributed by atoms with van der Waals surface area (Å²) in [5.74, 6) is -1.61. The van der Waals surface area contributed by atoms with Gasteiger partial charge in [0.25, 0.3) is 11.8 Å². The first-order chi connectivity index (χ1) is 17.7. The second-order valence-corrected chi connectivity index (χ2v) is 10.1. The highest BCUT2D eigenvalue weighted by molar-refractivity contribution is 9.10. The first-order valence-corrected chi connectivity index (χ1v) is 12.5. The number of aryl methyl sites for hydroxylation is 1. The number of carbonyl (C=O) groups excluding carboxylic acids is 4. The Kier molecular flexibility index (Phi) is 6.51. The fourth-order valence-corrected chi connectivity index (χ4v) is 5.07. The molecule has 10 heteroatoms. The lowest BCUT2D eigenvalue weighted by Gasteiger charge is -2.20. The third kappa shape index (κ3) is 4.49. The zero-order valence-electron chi connectivity index (χ0n) is 19.8. The molecule has 0 N–H and O–H groups in total. The molecule has 3 aromatic rings. The lowest BCUT2D eigenvalue weighted by Crippen LogP contribution is -2.30. The van der Waals surface area contributed by atoms with Gasteiger partial charge < -0.3 is 14.4 Å². The Morgan fingerprint density at radius 3 is 2.46 bits per heavy atom. The Balaban J connectivity index is 1.32. The Labute approximate surface area is 225 Å². The Morgan fingerprint density at radius 1 is 0.973 bits per heavy atom. The number of ether oxygens (including phenoxy) is 2. The van der Waals surface area contributed by atoms with E-state index >= 15 is 0 Å². The standard InChI is InChI=1S/C27H20BrClN2O6/c1-14-9-18(5-7-21(14)31-25(33)19-6-3-16(28)11-20(19)26(31)34)37-27(35)15-10-24(32)30(13-15)22-12-17(29)4-8-23(22)36-2/h3-9,11-12,15H,10,13H2,1-2H3/t15-/m1/s1. The fourth-order valence-electron chi connectivity index (χ4n) is 4.55. The van der Waals surface area contributed by atoms with Gasteiger partial charge in [-0.15, -0.1) is 0 Å². The number of hydrogen-bond acceptors (Lipinski definition) is 6. The Morgan fingerprint density at radius 2 is 1.73 bits per heavy atom. The number of imide groups is 1. The number of anilines is 2. The molecule has 1 atom stereocenters. The van der Waals surface area contributed by atoms with Crippen molar-refractivity contribution >= 4 is 62.6 Å². The molecule has 0 aromatic heterocycles. The number of rotatable bonds is 5. The number of carbonyl (C=O) groups is 4.